The second kappa shape index (κ2) is 6.15. The predicted molar refractivity (Wildman–Crippen MR) is 138 cm³/mol. The van der Waals surface area contributed by atoms with Gasteiger partial charge < -0.3 is 0 Å². The van der Waals surface area contributed by atoms with Crippen LogP contribution in [0.3, 0.4) is 0 Å². The van der Waals surface area contributed by atoms with E-state index in [1.165, 1.54) is 55.3 Å². The molecule has 2 aliphatic heterocycles. The van der Waals surface area contributed by atoms with Crippen molar-refractivity contribution < 1.29 is 0 Å². The molecule has 2 heterocycles. The number of benzene rings is 3. The minimum Gasteiger partial charge on any atom is -0.0661 e. The first-order valence-corrected chi connectivity index (χ1v) is 11.7. The molecule has 0 fully saturated rings. The third-order valence-electron chi connectivity index (χ3n) is 7.38. The first-order chi connectivity index (χ1) is 14.3. The fourth-order valence-electron chi connectivity index (χ4n) is 5.34. The Balaban J connectivity index is 1.83. The minimum atomic E-state index is 0.121. The second-order valence-electron chi connectivity index (χ2n) is 12.8. The highest BCUT2D eigenvalue weighted by atomic mass is 14.3. The molecule has 1 heteroatoms. The maximum absolute atomic E-state index is 2.49. The van der Waals surface area contributed by atoms with Crippen LogP contribution in [-0.2, 0) is 16.2 Å². The lowest BCUT2D eigenvalue weighted by Gasteiger charge is -2.24. The van der Waals surface area contributed by atoms with Gasteiger partial charge in [0.15, 0.2) is 0 Å². The van der Waals surface area contributed by atoms with Crippen LogP contribution in [0.25, 0.3) is 22.3 Å². The summed E-state index contributed by atoms with van der Waals surface area (Å²) in [5.41, 5.74) is 15.0. The third kappa shape index (κ3) is 3.04. The summed E-state index contributed by atoms with van der Waals surface area (Å²) in [7, 11) is 0. The number of hydrogen-bond donors (Lipinski definition) is 0. The zero-order chi connectivity index (χ0) is 22.5. The molecule has 0 nitrogen and oxygen atoms in total. The van der Waals surface area contributed by atoms with E-state index in [1.54, 1.807) is 0 Å². The summed E-state index contributed by atoms with van der Waals surface area (Å²) in [5, 5.41) is 0. The molecule has 0 saturated carbocycles. The van der Waals surface area contributed by atoms with Crippen LogP contribution in [0.5, 0.6) is 0 Å². The van der Waals surface area contributed by atoms with Crippen molar-refractivity contribution in [1.82, 2.24) is 0 Å². The van der Waals surface area contributed by atoms with Crippen molar-refractivity contribution in [3.05, 3.63) is 65.2 Å². The van der Waals surface area contributed by atoms with E-state index in [4.69, 9.17) is 0 Å². The zero-order valence-corrected chi connectivity index (χ0v) is 20.7. The summed E-state index contributed by atoms with van der Waals surface area (Å²) in [6.07, 6.45) is 0. The summed E-state index contributed by atoms with van der Waals surface area (Å²) >= 11 is 0. The van der Waals surface area contributed by atoms with Gasteiger partial charge in [0, 0.05) is 0 Å². The van der Waals surface area contributed by atoms with E-state index in [-0.39, 0.29) is 16.2 Å². The van der Waals surface area contributed by atoms with E-state index < -0.39 is 0 Å². The molecule has 2 aliphatic rings. The van der Waals surface area contributed by atoms with E-state index in [9.17, 15) is 0 Å². The van der Waals surface area contributed by atoms with Crippen LogP contribution in [0.15, 0.2) is 48.5 Å². The molecule has 0 aromatic heterocycles. The fraction of sp³-hybridized carbons (Fsp3) is 0.400. The van der Waals surface area contributed by atoms with Crippen molar-refractivity contribution in [3.8, 4) is 22.3 Å². The molecule has 3 aromatic carbocycles. The Morgan fingerprint density at radius 2 is 0.806 bits per heavy atom. The normalized spacial score (nSPS) is 14.5. The Hall–Kier alpha value is -2.28. The van der Waals surface area contributed by atoms with E-state index in [0.717, 1.165) is 0 Å². The van der Waals surface area contributed by atoms with Gasteiger partial charge in [-0.25, -0.2) is 0 Å². The SMILES string of the molecule is CC(C)(C)c1ccc2c(c1)-c1cc(C(C)(C)C)cc3c1B2c1ccc(C(C)(C)C)cc1-3. The Bertz CT molecular complexity index is 1140. The van der Waals surface area contributed by atoms with Gasteiger partial charge in [0.05, 0.1) is 0 Å². The van der Waals surface area contributed by atoms with E-state index in [0.29, 0.717) is 6.71 Å². The quantitative estimate of drug-likeness (QED) is 0.274. The number of fused-ring (bicyclic) bond motifs is 6. The van der Waals surface area contributed by atoms with Crippen LogP contribution < -0.4 is 16.4 Å². The summed E-state index contributed by atoms with van der Waals surface area (Å²) in [6.45, 7) is 21.3. The van der Waals surface area contributed by atoms with Crippen LogP contribution in [0, 0.1) is 0 Å². The zero-order valence-electron chi connectivity index (χ0n) is 20.7. The second-order valence-corrected chi connectivity index (χ2v) is 12.8. The molecular weight excluding hydrogens is 371 g/mol. The van der Waals surface area contributed by atoms with E-state index >= 15 is 0 Å². The van der Waals surface area contributed by atoms with Gasteiger partial charge >= 0.3 is 0 Å². The molecule has 0 aliphatic carbocycles. The molecule has 0 radical (unpaired) electrons. The van der Waals surface area contributed by atoms with Crippen molar-refractivity contribution in [2.24, 2.45) is 0 Å². The van der Waals surface area contributed by atoms with Crippen LogP contribution in [0.1, 0.15) is 79.0 Å². The van der Waals surface area contributed by atoms with Crippen LogP contribution >= 0.6 is 0 Å². The highest BCUT2D eigenvalue weighted by Crippen LogP contribution is 2.40. The van der Waals surface area contributed by atoms with Crippen molar-refractivity contribution in [2.75, 3.05) is 0 Å². The minimum absolute atomic E-state index is 0.121. The molecule has 31 heavy (non-hydrogen) atoms. The fourth-order valence-corrected chi connectivity index (χ4v) is 5.34. The van der Waals surface area contributed by atoms with Crippen molar-refractivity contribution in [3.63, 3.8) is 0 Å². The third-order valence-corrected chi connectivity index (χ3v) is 7.38. The maximum Gasteiger partial charge on any atom is 0.244 e. The van der Waals surface area contributed by atoms with Gasteiger partial charge in [0.25, 0.3) is 0 Å². The lowest BCUT2D eigenvalue weighted by atomic mass is 9.41. The van der Waals surface area contributed by atoms with Gasteiger partial charge in [-0.3, -0.25) is 0 Å². The molecule has 0 amide bonds. The van der Waals surface area contributed by atoms with Crippen LogP contribution in [-0.4, -0.2) is 6.71 Å². The Labute approximate surface area is 189 Å². The average Bonchev–Trinajstić information content (AvgIpc) is 3.15. The van der Waals surface area contributed by atoms with Crippen LogP contribution in [0.2, 0.25) is 0 Å². The van der Waals surface area contributed by atoms with Crippen molar-refractivity contribution in [2.45, 2.75) is 78.6 Å². The molecule has 0 atom stereocenters. The standard InChI is InChI=1S/C30H35B/c1-28(2,3)18-10-12-25-21(14-18)23-16-20(30(7,8)9)17-24-22-15-19(29(4,5)6)11-13-26(22)31(25)27(23)24/h10-17H,1-9H3. The Kier molecular flexibility index (Phi) is 4.09. The summed E-state index contributed by atoms with van der Waals surface area (Å²) in [5.74, 6) is 0. The monoisotopic (exact) mass is 406 g/mol. The molecule has 0 N–H and O–H groups in total. The average molecular weight is 406 g/mol. The topological polar surface area (TPSA) is 0 Å². The van der Waals surface area contributed by atoms with Gasteiger partial charge in [-0.05, 0) is 55.2 Å². The highest BCUT2D eigenvalue weighted by Gasteiger charge is 2.43. The summed E-state index contributed by atoms with van der Waals surface area (Å²) in [6, 6.07) is 19.5. The molecule has 0 saturated heterocycles. The Morgan fingerprint density at radius 1 is 0.452 bits per heavy atom. The first-order valence-electron chi connectivity index (χ1n) is 11.7. The molecule has 0 spiro atoms. The largest absolute Gasteiger partial charge is 0.244 e. The van der Waals surface area contributed by atoms with Crippen molar-refractivity contribution >= 4 is 23.1 Å². The first kappa shape index (κ1) is 20.6. The predicted octanol–water partition coefficient (Wildman–Crippen LogP) is 6.06. The van der Waals surface area contributed by atoms with Gasteiger partial charge in [0.2, 0.25) is 6.71 Å². The lowest BCUT2D eigenvalue weighted by molar-refractivity contribution is 0.589. The Morgan fingerprint density at radius 3 is 1.16 bits per heavy atom. The van der Waals surface area contributed by atoms with Gasteiger partial charge in [-0.2, -0.15) is 0 Å². The van der Waals surface area contributed by atoms with Crippen LogP contribution in [0.4, 0.5) is 0 Å². The van der Waals surface area contributed by atoms with Gasteiger partial charge in [-0.1, -0.05) is 127 Å². The van der Waals surface area contributed by atoms with Crippen molar-refractivity contribution in [1.29, 1.82) is 0 Å². The number of rotatable bonds is 0. The smallest absolute Gasteiger partial charge is 0.0661 e. The summed E-state index contributed by atoms with van der Waals surface area (Å²) < 4.78 is 0. The lowest BCUT2D eigenvalue weighted by Crippen LogP contribution is -2.45. The highest BCUT2D eigenvalue weighted by molar-refractivity contribution is 7.02. The molecule has 3 aromatic rings. The molecule has 5 rings (SSSR count). The van der Waals surface area contributed by atoms with E-state index in [2.05, 4.69) is 111 Å². The summed E-state index contributed by atoms with van der Waals surface area (Å²) in [4.78, 5) is 0. The molecule has 0 unspecified atom stereocenters. The van der Waals surface area contributed by atoms with E-state index in [1.807, 2.05) is 0 Å². The van der Waals surface area contributed by atoms with Gasteiger partial charge in [-0.15, -0.1) is 0 Å². The molecular formula is C30H35B. The maximum atomic E-state index is 2.49. The number of hydrogen-bond acceptors (Lipinski definition) is 0. The molecule has 158 valence electrons. The molecule has 0 bridgehead atoms. The van der Waals surface area contributed by atoms with Gasteiger partial charge in [0.1, 0.15) is 0 Å².